The largest absolute Gasteiger partial charge is 0.465 e. The molecule has 4 nitrogen and oxygen atoms in total. The highest BCUT2D eigenvalue weighted by Crippen LogP contribution is 2.33. The lowest BCUT2D eigenvalue weighted by Crippen LogP contribution is -2.27. The van der Waals surface area contributed by atoms with Gasteiger partial charge in [-0.3, -0.25) is 0 Å². The Morgan fingerprint density at radius 1 is 1.33 bits per heavy atom. The summed E-state index contributed by atoms with van der Waals surface area (Å²) in [6.07, 6.45) is 7.37. The van der Waals surface area contributed by atoms with Crippen LogP contribution in [0.25, 0.3) is 11.0 Å². The summed E-state index contributed by atoms with van der Waals surface area (Å²) < 4.78 is 7.24. The summed E-state index contributed by atoms with van der Waals surface area (Å²) in [6, 6.07) is 5.73. The van der Waals surface area contributed by atoms with Crippen LogP contribution in [0.5, 0.6) is 0 Å². The zero-order chi connectivity index (χ0) is 17.3. The maximum Gasteiger partial charge on any atom is 0.337 e. The molecule has 0 aliphatic heterocycles. The van der Waals surface area contributed by atoms with E-state index >= 15 is 0 Å². The first-order chi connectivity index (χ1) is 11.5. The Kier molecular flexibility index (Phi) is 4.66. The van der Waals surface area contributed by atoms with Gasteiger partial charge in [-0.05, 0) is 44.4 Å². The molecule has 0 bridgehead atoms. The standard InChI is InChI=1S/C20H28N2O2/c1-5-20(2,3)22-17-11-10-15(19(23)24-4)13-16(17)21-18(22)12-14-8-6-7-9-14/h10-11,13-14H,5-9,12H2,1-4H3. The van der Waals surface area contributed by atoms with Crippen LogP contribution in [-0.4, -0.2) is 22.6 Å². The Bertz CT molecular complexity index is 739. The Labute approximate surface area is 144 Å². The molecule has 2 aromatic rings. The molecule has 1 saturated carbocycles. The molecule has 0 N–H and O–H groups in total. The fourth-order valence-electron chi connectivity index (χ4n) is 3.82. The maximum absolute atomic E-state index is 11.8. The molecule has 1 aliphatic rings. The summed E-state index contributed by atoms with van der Waals surface area (Å²) in [5.41, 5.74) is 2.58. The van der Waals surface area contributed by atoms with Gasteiger partial charge in [-0.2, -0.15) is 0 Å². The van der Waals surface area contributed by atoms with Crippen LogP contribution < -0.4 is 0 Å². The third kappa shape index (κ3) is 3.06. The fraction of sp³-hybridized carbons (Fsp3) is 0.600. The van der Waals surface area contributed by atoms with Crippen molar-refractivity contribution in [2.45, 2.75) is 64.8 Å². The summed E-state index contributed by atoms with van der Waals surface area (Å²) in [5, 5.41) is 0. The quantitative estimate of drug-likeness (QED) is 0.747. The van der Waals surface area contributed by atoms with Crippen LogP contribution in [0.4, 0.5) is 0 Å². The van der Waals surface area contributed by atoms with Crippen LogP contribution in [0.3, 0.4) is 0 Å². The Morgan fingerprint density at radius 2 is 2.04 bits per heavy atom. The van der Waals surface area contributed by atoms with Crippen molar-refractivity contribution in [1.82, 2.24) is 9.55 Å². The summed E-state index contributed by atoms with van der Waals surface area (Å²) in [4.78, 5) is 16.7. The van der Waals surface area contributed by atoms with Gasteiger partial charge in [0.25, 0.3) is 0 Å². The van der Waals surface area contributed by atoms with E-state index in [9.17, 15) is 4.79 Å². The van der Waals surface area contributed by atoms with E-state index in [4.69, 9.17) is 9.72 Å². The molecule has 24 heavy (non-hydrogen) atoms. The minimum atomic E-state index is -0.307. The Hall–Kier alpha value is -1.84. The predicted molar refractivity (Wildman–Crippen MR) is 96.3 cm³/mol. The van der Waals surface area contributed by atoms with Crippen molar-refractivity contribution >= 4 is 17.0 Å². The van der Waals surface area contributed by atoms with E-state index in [0.29, 0.717) is 5.56 Å². The molecule has 0 spiro atoms. The lowest BCUT2D eigenvalue weighted by atomic mass is 9.98. The van der Waals surface area contributed by atoms with Crippen LogP contribution in [0.2, 0.25) is 0 Å². The first-order valence-electron chi connectivity index (χ1n) is 9.06. The van der Waals surface area contributed by atoms with Crippen LogP contribution in [0, 0.1) is 5.92 Å². The number of hydrogen-bond acceptors (Lipinski definition) is 3. The molecule has 1 aromatic heterocycles. The molecule has 0 amide bonds. The van der Waals surface area contributed by atoms with Crippen molar-refractivity contribution in [3.05, 3.63) is 29.6 Å². The van der Waals surface area contributed by atoms with Gasteiger partial charge >= 0.3 is 5.97 Å². The number of fused-ring (bicyclic) bond motifs is 1. The van der Waals surface area contributed by atoms with Gasteiger partial charge in [-0.25, -0.2) is 9.78 Å². The summed E-state index contributed by atoms with van der Waals surface area (Å²) in [7, 11) is 1.41. The molecule has 1 fully saturated rings. The van der Waals surface area contributed by atoms with Crippen LogP contribution in [0.1, 0.15) is 69.1 Å². The number of carbonyl (C=O) groups is 1. The second-order valence-corrected chi connectivity index (χ2v) is 7.58. The number of carbonyl (C=O) groups excluding carboxylic acids is 1. The number of hydrogen-bond donors (Lipinski definition) is 0. The highest BCUT2D eigenvalue weighted by Gasteiger charge is 2.27. The zero-order valence-electron chi connectivity index (χ0n) is 15.3. The molecular weight excluding hydrogens is 300 g/mol. The van der Waals surface area contributed by atoms with Gasteiger partial charge in [0.2, 0.25) is 0 Å². The minimum Gasteiger partial charge on any atom is -0.465 e. The number of nitrogens with zero attached hydrogens (tertiary/aromatic N) is 2. The summed E-state index contributed by atoms with van der Waals surface area (Å²) in [6.45, 7) is 6.75. The Morgan fingerprint density at radius 3 is 2.67 bits per heavy atom. The number of esters is 1. The van der Waals surface area contributed by atoms with Crippen molar-refractivity contribution < 1.29 is 9.53 Å². The first-order valence-corrected chi connectivity index (χ1v) is 9.06. The normalized spacial score (nSPS) is 16.0. The SMILES string of the molecule is CCC(C)(C)n1c(CC2CCCC2)nc2cc(C(=O)OC)ccc21. The highest BCUT2D eigenvalue weighted by atomic mass is 16.5. The van der Waals surface area contributed by atoms with Gasteiger partial charge in [0.1, 0.15) is 5.82 Å². The van der Waals surface area contributed by atoms with E-state index in [1.807, 2.05) is 18.2 Å². The van der Waals surface area contributed by atoms with Gasteiger partial charge in [0.05, 0.1) is 23.7 Å². The summed E-state index contributed by atoms with van der Waals surface area (Å²) in [5.74, 6) is 1.60. The average molecular weight is 328 g/mol. The molecule has 0 atom stereocenters. The third-order valence-electron chi connectivity index (χ3n) is 5.56. The molecule has 1 aliphatic carbocycles. The molecule has 0 radical (unpaired) electrons. The molecular formula is C20H28N2O2. The summed E-state index contributed by atoms with van der Waals surface area (Å²) >= 11 is 0. The molecule has 1 aromatic carbocycles. The number of ether oxygens (including phenoxy) is 1. The molecule has 3 rings (SSSR count). The van der Waals surface area contributed by atoms with E-state index in [2.05, 4.69) is 25.3 Å². The Balaban J connectivity index is 2.09. The third-order valence-corrected chi connectivity index (χ3v) is 5.56. The smallest absolute Gasteiger partial charge is 0.337 e. The van der Waals surface area contributed by atoms with Gasteiger partial charge in [0, 0.05) is 12.0 Å². The second-order valence-electron chi connectivity index (χ2n) is 7.58. The molecule has 1 heterocycles. The van der Waals surface area contributed by atoms with Crippen molar-refractivity contribution in [1.29, 1.82) is 0 Å². The highest BCUT2D eigenvalue weighted by molar-refractivity contribution is 5.93. The lowest BCUT2D eigenvalue weighted by Gasteiger charge is -2.29. The van der Waals surface area contributed by atoms with E-state index in [1.54, 1.807) is 0 Å². The van der Waals surface area contributed by atoms with Gasteiger partial charge in [-0.1, -0.05) is 32.6 Å². The van der Waals surface area contributed by atoms with Gasteiger partial charge < -0.3 is 9.30 Å². The van der Waals surface area contributed by atoms with E-state index in [-0.39, 0.29) is 11.5 Å². The van der Waals surface area contributed by atoms with Crippen LogP contribution >= 0.6 is 0 Å². The molecule has 0 unspecified atom stereocenters. The van der Waals surface area contributed by atoms with Gasteiger partial charge in [0.15, 0.2) is 0 Å². The van der Waals surface area contributed by atoms with Gasteiger partial charge in [-0.15, -0.1) is 0 Å². The minimum absolute atomic E-state index is 0.00939. The van der Waals surface area contributed by atoms with Crippen molar-refractivity contribution in [3.8, 4) is 0 Å². The predicted octanol–water partition coefficient (Wildman–Crippen LogP) is 4.70. The van der Waals surface area contributed by atoms with E-state index in [0.717, 1.165) is 35.6 Å². The van der Waals surface area contributed by atoms with E-state index in [1.165, 1.54) is 32.8 Å². The molecule has 4 heteroatoms. The average Bonchev–Trinajstić information content (AvgIpc) is 3.20. The molecule has 0 saturated heterocycles. The lowest BCUT2D eigenvalue weighted by molar-refractivity contribution is 0.0601. The van der Waals surface area contributed by atoms with Crippen molar-refractivity contribution in [2.24, 2.45) is 5.92 Å². The maximum atomic E-state index is 11.8. The van der Waals surface area contributed by atoms with Crippen LogP contribution in [0.15, 0.2) is 18.2 Å². The number of benzene rings is 1. The van der Waals surface area contributed by atoms with E-state index < -0.39 is 0 Å². The zero-order valence-corrected chi connectivity index (χ0v) is 15.3. The van der Waals surface area contributed by atoms with Crippen molar-refractivity contribution in [2.75, 3.05) is 7.11 Å². The van der Waals surface area contributed by atoms with Crippen molar-refractivity contribution in [3.63, 3.8) is 0 Å². The second kappa shape index (κ2) is 6.58. The van der Waals surface area contributed by atoms with Crippen LogP contribution in [-0.2, 0) is 16.7 Å². The topological polar surface area (TPSA) is 44.1 Å². The molecule has 130 valence electrons. The fourth-order valence-corrected chi connectivity index (χ4v) is 3.82. The first kappa shape index (κ1) is 17.0. The number of imidazole rings is 1. The monoisotopic (exact) mass is 328 g/mol. The number of aromatic nitrogens is 2. The number of rotatable bonds is 5. The number of methoxy groups -OCH3 is 1.